The molecule has 0 aliphatic carbocycles. The third kappa shape index (κ3) is 7.62. The molecule has 1 fully saturated rings. The minimum Gasteiger partial charge on any atom is -0.302 e. The number of nitrogens with zero attached hydrogens (tertiary/aromatic N) is 3. The van der Waals surface area contributed by atoms with Crippen molar-refractivity contribution in [2.24, 2.45) is 5.41 Å². The molecule has 10 heteroatoms. The molecule has 36 heavy (non-hydrogen) atoms. The molecule has 0 radical (unpaired) electrons. The fourth-order valence-electron chi connectivity index (χ4n) is 3.59. The lowest BCUT2D eigenvalue weighted by atomic mass is 9.90. The van der Waals surface area contributed by atoms with E-state index in [1.807, 2.05) is 45.0 Å². The van der Waals surface area contributed by atoms with Gasteiger partial charge in [0.15, 0.2) is 0 Å². The number of carbonyl (C=O) groups is 2. The second-order valence-electron chi connectivity index (χ2n) is 8.94. The molecule has 2 amide bonds. The molecule has 0 saturated carbocycles. The van der Waals surface area contributed by atoms with Crippen LogP contribution in [0.15, 0.2) is 42.5 Å². The first-order valence-corrected chi connectivity index (χ1v) is 12.0. The van der Waals surface area contributed by atoms with E-state index >= 15 is 0 Å². The van der Waals surface area contributed by atoms with Gasteiger partial charge in [0.05, 0.1) is 11.6 Å². The van der Waals surface area contributed by atoms with Crippen molar-refractivity contribution in [1.82, 2.24) is 4.90 Å². The van der Waals surface area contributed by atoms with Gasteiger partial charge in [0.25, 0.3) is 5.91 Å². The zero-order chi connectivity index (χ0) is 28.0. The highest BCUT2D eigenvalue weighted by Gasteiger charge is 2.57. The Hall–Kier alpha value is -2.76. The minimum atomic E-state index is -5.08. The smallest absolute Gasteiger partial charge is 0.302 e. The Kier molecular flexibility index (Phi) is 10.8. The summed E-state index contributed by atoms with van der Waals surface area (Å²) in [5.41, 5.74) is 1.30. The minimum absolute atomic E-state index is 0.233. The van der Waals surface area contributed by atoms with E-state index in [0.717, 1.165) is 10.5 Å². The molecule has 0 spiro atoms. The Labute approximate surface area is 220 Å². The largest absolute Gasteiger partial charge is 0.471 e. The molecule has 2 aromatic rings. The van der Waals surface area contributed by atoms with Crippen LogP contribution < -0.4 is 4.90 Å². The van der Waals surface area contributed by atoms with E-state index in [9.17, 15) is 22.8 Å². The van der Waals surface area contributed by atoms with Crippen molar-refractivity contribution in [2.75, 3.05) is 4.90 Å². The highest BCUT2D eigenvalue weighted by molar-refractivity contribution is 6.35. The van der Waals surface area contributed by atoms with Gasteiger partial charge in [-0.05, 0) is 44.2 Å². The molecule has 5 nitrogen and oxygen atoms in total. The van der Waals surface area contributed by atoms with Crippen molar-refractivity contribution in [3.63, 3.8) is 0 Å². The van der Waals surface area contributed by atoms with Crippen molar-refractivity contribution in [1.29, 1.82) is 5.26 Å². The molecule has 3 rings (SSSR count). The van der Waals surface area contributed by atoms with Crippen molar-refractivity contribution >= 4 is 40.7 Å². The second-order valence-corrected chi connectivity index (χ2v) is 9.81. The summed E-state index contributed by atoms with van der Waals surface area (Å²) in [5.74, 6) is -2.68. The lowest BCUT2D eigenvalue weighted by molar-refractivity contribution is -0.190. The maximum atomic E-state index is 13.1. The number of hydrogen-bond donors (Lipinski definition) is 0. The van der Waals surface area contributed by atoms with Gasteiger partial charge in [-0.15, -0.1) is 0 Å². The van der Waals surface area contributed by atoms with Gasteiger partial charge in [0.2, 0.25) is 0 Å². The molecule has 1 aliphatic rings. The van der Waals surface area contributed by atoms with Crippen molar-refractivity contribution in [3.8, 4) is 6.07 Å². The van der Waals surface area contributed by atoms with Gasteiger partial charge in [0, 0.05) is 21.1 Å². The number of alkyl halides is 3. The van der Waals surface area contributed by atoms with E-state index in [1.165, 1.54) is 30.7 Å². The van der Waals surface area contributed by atoms with Crippen LogP contribution in [-0.4, -0.2) is 35.1 Å². The number of aryl methyl sites for hydroxylation is 1. The molecular formula is C26H30Cl2F3N3O2. The Morgan fingerprint density at radius 3 is 1.86 bits per heavy atom. The van der Waals surface area contributed by atoms with E-state index in [1.54, 1.807) is 20.8 Å². The third-order valence-electron chi connectivity index (χ3n) is 5.08. The van der Waals surface area contributed by atoms with Gasteiger partial charge < -0.3 is 4.90 Å². The lowest BCUT2D eigenvalue weighted by Gasteiger charge is -2.40. The highest BCUT2D eigenvalue weighted by atomic mass is 35.5. The molecule has 1 saturated heterocycles. The molecule has 1 heterocycles. The normalized spacial score (nSPS) is 17.5. The zero-order valence-electron chi connectivity index (χ0n) is 21.2. The van der Waals surface area contributed by atoms with Crippen LogP contribution in [0.25, 0.3) is 0 Å². The van der Waals surface area contributed by atoms with E-state index in [-0.39, 0.29) is 15.7 Å². The summed E-state index contributed by atoms with van der Waals surface area (Å²) in [6.45, 7) is 12.2. The van der Waals surface area contributed by atoms with Crippen LogP contribution in [-0.2, 0) is 9.59 Å². The number of nitriles is 1. The standard InChI is InChI=1S/C16H17Cl2F3N2O2.C8H7N.C2H6/c1-8-12(24)23(11-6-9(17)5-10(18)7-11)13(15(2,3)4)22(8)14(25)16(19,20)21;1-7-2-4-8(6-9)5-3-7;1-2/h5-8,13H,1-4H3;2-5H,1H3;1-2H3. The van der Waals surface area contributed by atoms with Gasteiger partial charge in [-0.25, -0.2) is 0 Å². The highest BCUT2D eigenvalue weighted by Crippen LogP contribution is 2.41. The van der Waals surface area contributed by atoms with Crippen LogP contribution >= 0.6 is 23.2 Å². The maximum absolute atomic E-state index is 13.1. The molecule has 2 atom stereocenters. The molecule has 0 aromatic heterocycles. The van der Waals surface area contributed by atoms with E-state index < -0.39 is 35.6 Å². The van der Waals surface area contributed by atoms with Crippen molar-refractivity contribution in [2.45, 2.75) is 66.9 Å². The molecule has 0 N–H and O–H groups in total. The van der Waals surface area contributed by atoms with Crippen molar-refractivity contribution < 1.29 is 22.8 Å². The maximum Gasteiger partial charge on any atom is 0.471 e. The van der Waals surface area contributed by atoms with Gasteiger partial charge in [-0.3, -0.25) is 14.5 Å². The Balaban J connectivity index is 0.000000491. The average molecular weight is 544 g/mol. The Morgan fingerprint density at radius 2 is 1.47 bits per heavy atom. The number of hydrogen-bond acceptors (Lipinski definition) is 3. The summed E-state index contributed by atoms with van der Waals surface area (Å²) >= 11 is 11.9. The summed E-state index contributed by atoms with van der Waals surface area (Å²) in [7, 11) is 0. The number of rotatable bonds is 1. The summed E-state index contributed by atoms with van der Waals surface area (Å²) in [6, 6.07) is 12.6. The van der Waals surface area contributed by atoms with Gasteiger partial charge >= 0.3 is 12.1 Å². The number of amides is 2. The quantitative estimate of drug-likeness (QED) is 0.376. The molecule has 1 aliphatic heterocycles. The first-order valence-electron chi connectivity index (χ1n) is 11.2. The summed E-state index contributed by atoms with van der Waals surface area (Å²) in [4.78, 5) is 26.4. The van der Waals surface area contributed by atoms with Gasteiger partial charge in [-0.2, -0.15) is 18.4 Å². The molecule has 196 valence electrons. The van der Waals surface area contributed by atoms with E-state index in [0.29, 0.717) is 4.90 Å². The number of carbonyl (C=O) groups excluding carboxylic acids is 2. The van der Waals surface area contributed by atoms with Crippen LogP contribution in [0.1, 0.15) is 52.7 Å². The van der Waals surface area contributed by atoms with Gasteiger partial charge in [-0.1, -0.05) is 75.5 Å². The fraction of sp³-hybridized carbons (Fsp3) is 0.423. The SMILES string of the molecule is CC.CC1C(=O)N(c2cc(Cl)cc(Cl)c2)C(C(C)(C)C)N1C(=O)C(F)(F)F.Cc1ccc(C#N)cc1. The van der Waals surface area contributed by atoms with Crippen molar-refractivity contribution in [3.05, 3.63) is 63.6 Å². The van der Waals surface area contributed by atoms with Crippen LogP contribution in [0, 0.1) is 23.7 Å². The van der Waals surface area contributed by atoms with Crippen LogP contribution in [0.4, 0.5) is 18.9 Å². The summed E-state index contributed by atoms with van der Waals surface area (Å²) in [6.07, 6.45) is -6.22. The summed E-state index contributed by atoms with van der Waals surface area (Å²) < 4.78 is 39.2. The van der Waals surface area contributed by atoms with Crippen LogP contribution in [0.2, 0.25) is 10.0 Å². The van der Waals surface area contributed by atoms with Crippen LogP contribution in [0.3, 0.4) is 0 Å². The molecule has 2 unspecified atom stereocenters. The van der Waals surface area contributed by atoms with E-state index in [4.69, 9.17) is 28.5 Å². The predicted molar refractivity (Wildman–Crippen MR) is 137 cm³/mol. The second kappa shape index (κ2) is 12.5. The number of anilines is 1. The number of halogens is 5. The molecule has 0 bridgehead atoms. The van der Waals surface area contributed by atoms with Gasteiger partial charge in [0.1, 0.15) is 12.2 Å². The molecular weight excluding hydrogens is 514 g/mol. The zero-order valence-corrected chi connectivity index (χ0v) is 22.8. The lowest BCUT2D eigenvalue weighted by Crippen LogP contribution is -2.55. The summed E-state index contributed by atoms with van der Waals surface area (Å²) in [5, 5.41) is 8.84. The topological polar surface area (TPSA) is 64.4 Å². The first-order chi connectivity index (χ1) is 16.6. The number of benzene rings is 2. The molecule has 2 aromatic carbocycles. The van der Waals surface area contributed by atoms with E-state index in [2.05, 4.69) is 6.07 Å². The monoisotopic (exact) mass is 543 g/mol. The Bertz CT molecular complexity index is 1090. The first kappa shape index (κ1) is 31.3. The predicted octanol–water partition coefficient (Wildman–Crippen LogP) is 7.38. The fourth-order valence-corrected chi connectivity index (χ4v) is 4.10. The third-order valence-corrected chi connectivity index (χ3v) is 5.51. The average Bonchev–Trinajstić information content (AvgIpc) is 3.05. The Morgan fingerprint density at radius 1 is 1.00 bits per heavy atom. The van der Waals surface area contributed by atoms with Crippen LogP contribution in [0.5, 0.6) is 0 Å².